The molecule has 0 heterocycles. The van der Waals surface area contributed by atoms with Gasteiger partial charge in [0.2, 0.25) is 0 Å². The van der Waals surface area contributed by atoms with E-state index >= 15 is 0 Å². The molecule has 0 spiro atoms. The molecule has 5 atom stereocenters. The molecule has 1 N–H and O–H groups in total. The molecule has 0 radical (unpaired) electrons. The number of hydrogen-bond acceptors (Lipinski definition) is 3. The van der Waals surface area contributed by atoms with Gasteiger partial charge in [-0.05, 0) is 92.2 Å². The first kappa shape index (κ1) is 20.5. The monoisotopic (exact) mass is 414 g/mol. The minimum absolute atomic E-state index is 0.102. The van der Waals surface area contributed by atoms with E-state index in [2.05, 4.69) is 25.0 Å². The highest BCUT2D eigenvalue weighted by Gasteiger charge is 2.64. The van der Waals surface area contributed by atoms with E-state index < -0.39 is 11.0 Å². The topological polar surface area (TPSA) is 54.4 Å². The van der Waals surface area contributed by atoms with Crippen molar-refractivity contribution in [2.75, 3.05) is 0 Å². The van der Waals surface area contributed by atoms with E-state index in [-0.39, 0.29) is 17.5 Å². The highest BCUT2D eigenvalue weighted by atomic mass is 16.3. The minimum atomic E-state index is -1.26. The van der Waals surface area contributed by atoms with E-state index in [1.165, 1.54) is 22.3 Å². The zero-order valence-corrected chi connectivity index (χ0v) is 18.4. The van der Waals surface area contributed by atoms with Gasteiger partial charge < -0.3 is 5.11 Å². The highest BCUT2D eigenvalue weighted by Crippen LogP contribution is 2.66. The standard InChI is InChI=1S/C28H30O3/c1-4-18-5-7-19(8-6-18)24-16-27(3)25(13-14-28(27,31)17(2)29)23-11-9-20-15-21(30)10-12-22(20)26(23)24/h1,5-8,15,23-25,31H,9-14,16H2,2-3H3/t23-,24+,25-,27-,28-/m0/s1. The summed E-state index contributed by atoms with van der Waals surface area (Å²) in [6.45, 7) is 3.69. The fourth-order valence-corrected chi connectivity index (χ4v) is 7.35. The number of hydrogen-bond donors (Lipinski definition) is 1. The summed E-state index contributed by atoms with van der Waals surface area (Å²) in [5.74, 6) is 3.61. The molecule has 2 saturated carbocycles. The molecule has 0 bridgehead atoms. The summed E-state index contributed by atoms with van der Waals surface area (Å²) >= 11 is 0. The summed E-state index contributed by atoms with van der Waals surface area (Å²) in [6.07, 6.45) is 12.9. The molecule has 160 valence electrons. The van der Waals surface area contributed by atoms with Gasteiger partial charge in [0.15, 0.2) is 11.6 Å². The average Bonchev–Trinajstić information content (AvgIpc) is 3.04. The largest absolute Gasteiger partial charge is 0.382 e. The molecule has 5 rings (SSSR count). The highest BCUT2D eigenvalue weighted by molar-refractivity contribution is 5.93. The van der Waals surface area contributed by atoms with Crippen molar-refractivity contribution in [3.63, 3.8) is 0 Å². The van der Waals surface area contributed by atoms with Crippen LogP contribution < -0.4 is 0 Å². The van der Waals surface area contributed by atoms with Crippen LogP contribution in [-0.4, -0.2) is 22.3 Å². The fraction of sp³-hybridized carbons (Fsp3) is 0.500. The number of allylic oxidation sites excluding steroid dienone is 4. The molecular formula is C28H30O3. The van der Waals surface area contributed by atoms with Crippen LogP contribution in [0.1, 0.15) is 75.8 Å². The van der Waals surface area contributed by atoms with Gasteiger partial charge in [-0.25, -0.2) is 0 Å². The molecule has 0 aliphatic heterocycles. The Hall–Kier alpha value is -2.44. The van der Waals surface area contributed by atoms with Gasteiger partial charge in [0, 0.05) is 23.3 Å². The Morgan fingerprint density at radius 3 is 2.58 bits per heavy atom. The van der Waals surface area contributed by atoms with Crippen LogP contribution in [0.3, 0.4) is 0 Å². The van der Waals surface area contributed by atoms with Crippen LogP contribution in [0.4, 0.5) is 0 Å². The van der Waals surface area contributed by atoms with Gasteiger partial charge in [0.25, 0.3) is 0 Å². The van der Waals surface area contributed by atoms with Gasteiger partial charge >= 0.3 is 0 Å². The Kier molecular flexibility index (Phi) is 4.65. The van der Waals surface area contributed by atoms with Gasteiger partial charge in [-0.2, -0.15) is 0 Å². The van der Waals surface area contributed by atoms with E-state index in [0.29, 0.717) is 24.7 Å². The van der Waals surface area contributed by atoms with Crippen molar-refractivity contribution in [1.82, 2.24) is 0 Å². The van der Waals surface area contributed by atoms with E-state index in [9.17, 15) is 14.7 Å². The van der Waals surface area contributed by atoms with E-state index in [1.54, 1.807) is 6.92 Å². The van der Waals surface area contributed by atoms with Gasteiger partial charge in [0.05, 0.1) is 0 Å². The molecule has 0 aromatic heterocycles. The average molecular weight is 415 g/mol. The molecule has 3 nitrogen and oxygen atoms in total. The van der Waals surface area contributed by atoms with Crippen LogP contribution in [0.2, 0.25) is 0 Å². The Morgan fingerprint density at radius 2 is 1.90 bits per heavy atom. The first-order chi connectivity index (χ1) is 14.8. The summed E-state index contributed by atoms with van der Waals surface area (Å²) in [7, 11) is 0. The number of fused-ring (bicyclic) bond motifs is 4. The predicted molar refractivity (Wildman–Crippen MR) is 120 cm³/mol. The number of Topliss-reactive ketones (excluding diaryl/α,β-unsaturated/α-hetero) is 1. The zero-order valence-electron chi connectivity index (χ0n) is 18.4. The number of ketones is 2. The zero-order chi connectivity index (χ0) is 22.0. The van der Waals surface area contributed by atoms with E-state index in [1.807, 2.05) is 18.2 Å². The number of benzene rings is 1. The van der Waals surface area contributed by atoms with Gasteiger partial charge in [-0.1, -0.05) is 30.6 Å². The normalized spacial score (nSPS) is 36.8. The lowest BCUT2D eigenvalue weighted by atomic mass is 9.51. The Labute approximate surface area is 184 Å². The Bertz CT molecular complexity index is 1070. The predicted octanol–water partition coefficient (Wildman–Crippen LogP) is 4.89. The SMILES string of the molecule is C#Cc1ccc([C@H]2C[C@@]3(C)[C@@H](CC[C@]3(O)C(C)=O)[C@@H]3CCC4=CC(=O)CCC4=C32)cc1. The number of terminal acetylenes is 1. The van der Waals surface area contributed by atoms with Gasteiger partial charge in [0.1, 0.15) is 5.60 Å². The third kappa shape index (κ3) is 2.84. The van der Waals surface area contributed by atoms with Gasteiger partial charge in [-0.15, -0.1) is 6.42 Å². The van der Waals surface area contributed by atoms with Crippen molar-refractivity contribution in [3.8, 4) is 12.3 Å². The van der Waals surface area contributed by atoms with E-state index in [0.717, 1.165) is 37.7 Å². The Morgan fingerprint density at radius 1 is 1.16 bits per heavy atom. The smallest absolute Gasteiger partial charge is 0.161 e. The summed E-state index contributed by atoms with van der Waals surface area (Å²) in [5, 5.41) is 11.6. The van der Waals surface area contributed by atoms with Crippen molar-refractivity contribution >= 4 is 11.6 Å². The molecule has 4 aliphatic carbocycles. The van der Waals surface area contributed by atoms with Crippen molar-refractivity contribution in [3.05, 3.63) is 58.2 Å². The molecule has 0 amide bonds. The summed E-state index contributed by atoms with van der Waals surface area (Å²) in [6, 6.07) is 8.20. The molecule has 31 heavy (non-hydrogen) atoms. The van der Waals surface area contributed by atoms with Crippen LogP contribution in [0.15, 0.2) is 47.1 Å². The summed E-state index contributed by atoms with van der Waals surface area (Å²) in [4.78, 5) is 24.8. The molecular weight excluding hydrogens is 384 g/mol. The lowest BCUT2D eigenvalue weighted by molar-refractivity contribution is -0.152. The second kappa shape index (κ2) is 7.04. The lowest BCUT2D eigenvalue weighted by Crippen LogP contribution is -2.55. The summed E-state index contributed by atoms with van der Waals surface area (Å²) in [5.41, 5.74) is 4.40. The minimum Gasteiger partial charge on any atom is -0.382 e. The van der Waals surface area contributed by atoms with Crippen LogP contribution in [-0.2, 0) is 9.59 Å². The van der Waals surface area contributed by atoms with Crippen LogP contribution in [0, 0.1) is 29.6 Å². The number of carbonyl (C=O) groups is 2. The molecule has 3 heteroatoms. The Balaban J connectivity index is 1.69. The second-order valence-corrected chi connectivity index (χ2v) is 10.2. The van der Waals surface area contributed by atoms with Crippen molar-refractivity contribution in [2.24, 2.45) is 17.3 Å². The third-order valence-electron chi connectivity index (χ3n) is 8.95. The van der Waals surface area contributed by atoms with E-state index in [4.69, 9.17) is 6.42 Å². The van der Waals surface area contributed by atoms with Crippen LogP contribution >= 0.6 is 0 Å². The van der Waals surface area contributed by atoms with Gasteiger partial charge in [-0.3, -0.25) is 9.59 Å². The molecule has 1 aromatic rings. The fourth-order valence-electron chi connectivity index (χ4n) is 7.35. The quantitative estimate of drug-likeness (QED) is 0.701. The number of carbonyl (C=O) groups excluding carboxylic acids is 2. The third-order valence-corrected chi connectivity index (χ3v) is 8.95. The number of aliphatic hydroxyl groups is 1. The van der Waals surface area contributed by atoms with Crippen LogP contribution in [0.5, 0.6) is 0 Å². The summed E-state index contributed by atoms with van der Waals surface area (Å²) < 4.78 is 0. The first-order valence-corrected chi connectivity index (χ1v) is 11.5. The maximum absolute atomic E-state index is 12.6. The van der Waals surface area contributed by atoms with Crippen molar-refractivity contribution in [1.29, 1.82) is 0 Å². The molecule has 1 aromatic carbocycles. The number of rotatable bonds is 2. The second-order valence-electron chi connectivity index (χ2n) is 10.2. The first-order valence-electron chi connectivity index (χ1n) is 11.5. The lowest BCUT2D eigenvalue weighted by Gasteiger charge is -2.54. The van der Waals surface area contributed by atoms with Crippen LogP contribution in [0.25, 0.3) is 0 Å². The maximum atomic E-state index is 12.6. The van der Waals surface area contributed by atoms with Crippen molar-refractivity contribution in [2.45, 2.75) is 70.3 Å². The van der Waals surface area contributed by atoms with Crippen molar-refractivity contribution < 1.29 is 14.7 Å². The molecule has 2 fully saturated rings. The molecule has 0 unspecified atom stereocenters. The maximum Gasteiger partial charge on any atom is 0.161 e. The molecule has 4 aliphatic rings. The molecule has 0 saturated heterocycles.